The van der Waals surface area contributed by atoms with Crippen molar-refractivity contribution in [2.24, 2.45) is 5.92 Å². The summed E-state index contributed by atoms with van der Waals surface area (Å²) in [5.74, 6) is 1.22. The van der Waals surface area contributed by atoms with Crippen LogP contribution in [0.2, 0.25) is 0 Å². The molecule has 1 nitrogen and oxygen atoms in total. The highest BCUT2D eigenvalue weighted by Gasteiger charge is 2.23. The Bertz CT molecular complexity index is 203. The Labute approximate surface area is 67.5 Å². The number of carbonyl (C=O) groups is 1. The molecule has 0 aromatic carbocycles. The maximum atomic E-state index is 11.1. The van der Waals surface area contributed by atoms with Crippen molar-refractivity contribution in [3.05, 3.63) is 11.6 Å². The van der Waals surface area contributed by atoms with Gasteiger partial charge in [0.15, 0.2) is 0 Å². The molecule has 1 atom stereocenters. The maximum absolute atomic E-state index is 11.1. The van der Waals surface area contributed by atoms with Gasteiger partial charge in [-0.1, -0.05) is 11.6 Å². The third-order valence-corrected chi connectivity index (χ3v) is 2.91. The van der Waals surface area contributed by atoms with Crippen molar-refractivity contribution >= 4 is 5.78 Å². The van der Waals surface area contributed by atoms with Crippen LogP contribution in [0.4, 0.5) is 0 Å². The summed E-state index contributed by atoms with van der Waals surface area (Å²) in [6.45, 7) is 0. The van der Waals surface area contributed by atoms with Gasteiger partial charge in [0.25, 0.3) is 0 Å². The van der Waals surface area contributed by atoms with Crippen LogP contribution in [0.25, 0.3) is 0 Å². The summed E-state index contributed by atoms with van der Waals surface area (Å²) in [7, 11) is 0. The average molecular weight is 150 g/mol. The van der Waals surface area contributed by atoms with Crippen molar-refractivity contribution in [3.63, 3.8) is 0 Å². The van der Waals surface area contributed by atoms with E-state index in [1.807, 2.05) is 0 Å². The van der Waals surface area contributed by atoms with E-state index in [2.05, 4.69) is 6.08 Å². The highest BCUT2D eigenvalue weighted by Crippen LogP contribution is 2.36. The zero-order valence-electron chi connectivity index (χ0n) is 6.81. The smallest absolute Gasteiger partial charge is 0.136 e. The van der Waals surface area contributed by atoms with Crippen LogP contribution >= 0.6 is 0 Å². The molecule has 0 saturated heterocycles. The molecule has 0 spiro atoms. The molecule has 1 saturated carbocycles. The number of Topliss-reactive ketones (excluding diaryl/α,β-unsaturated/α-hetero) is 1. The molecule has 0 amide bonds. The van der Waals surface area contributed by atoms with Crippen LogP contribution in [0.3, 0.4) is 0 Å². The quantitative estimate of drug-likeness (QED) is 0.485. The summed E-state index contributed by atoms with van der Waals surface area (Å²) in [5.41, 5.74) is 1.58. The molecular formula is C10H14O. The standard InChI is InChI=1S/C10H14O/c11-10-6-4-8-2-1-3-9(8)5-7-10/h4,9H,1-3,5-7H2. The van der Waals surface area contributed by atoms with Gasteiger partial charge in [-0.2, -0.15) is 0 Å². The zero-order valence-corrected chi connectivity index (χ0v) is 6.81. The van der Waals surface area contributed by atoms with Crippen molar-refractivity contribution in [1.29, 1.82) is 0 Å². The fourth-order valence-electron chi connectivity index (χ4n) is 2.22. The van der Waals surface area contributed by atoms with Gasteiger partial charge in [-0.3, -0.25) is 4.79 Å². The molecule has 0 aromatic rings. The Balaban J connectivity index is 2.14. The second-order valence-corrected chi connectivity index (χ2v) is 3.65. The molecule has 2 rings (SSSR count). The molecule has 0 aromatic heterocycles. The Morgan fingerprint density at radius 3 is 3.09 bits per heavy atom. The topological polar surface area (TPSA) is 17.1 Å². The van der Waals surface area contributed by atoms with Crippen molar-refractivity contribution in [1.82, 2.24) is 0 Å². The zero-order chi connectivity index (χ0) is 7.68. The Kier molecular flexibility index (Phi) is 1.80. The minimum Gasteiger partial charge on any atom is -0.299 e. The molecule has 0 heterocycles. The summed E-state index contributed by atoms with van der Waals surface area (Å²) in [6.07, 6.45) is 8.80. The first kappa shape index (κ1) is 7.08. The lowest BCUT2D eigenvalue weighted by Gasteiger charge is -2.06. The van der Waals surface area contributed by atoms with E-state index in [4.69, 9.17) is 0 Å². The van der Waals surface area contributed by atoms with E-state index in [1.165, 1.54) is 19.3 Å². The number of rotatable bonds is 0. The van der Waals surface area contributed by atoms with Gasteiger partial charge in [0.05, 0.1) is 0 Å². The summed E-state index contributed by atoms with van der Waals surface area (Å²) in [4.78, 5) is 11.1. The molecule has 2 aliphatic carbocycles. The third-order valence-electron chi connectivity index (χ3n) is 2.91. The molecule has 0 bridgehead atoms. The molecule has 2 aliphatic rings. The van der Waals surface area contributed by atoms with Gasteiger partial charge in [-0.25, -0.2) is 0 Å². The predicted molar refractivity (Wildman–Crippen MR) is 44.3 cm³/mol. The Morgan fingerprint density at radius 2 is 2.18 bits per heavy atom. The van der Waals surface area contributed by atoms with Crippen LogP contribution in [-0.2, 0) is 4.79 Å². The highest BCUT2D eigenvalue weighted by atomic mass is 16.1. The summed E-state index contributed by atoms with van der Waals surface area (Å²) < 4.78 is 0. The van der Waals surface area contributed by atoms with Crippen molar-refractivity contribution in [2.45, 2.75) is 38.5 Å². The van der Waals surface area contributed by atoms with E-state index < -0.39 is 0 Å². The van der Waals surface area contributed by atoms with Gasteiger partial charge in [0.1, 0.15) is 5.78 Å². The summed E-state index contributed by atoms with van der Waals surface area (Å²) in [6, 6.07) is 0. The number of carbonyl (C=O) groups excluding carboxylic acids is 1. The van der Waals surface area contributed by atoms with Gasteiger partial charge in [0, 0.05) is 12.8 Å². The second kappa shape index (κ2) is 2.80. The SMILES string of the molecule is O=C1CC=C2CCCC2CC1. The van der Waals surface area contributed by atoms with Crippen molar-refractivity contribution in [2.75, 3.05) is 0 Å². The van der Waals surface area contributed by atoms with Crippen LogP contribution in [-0.4, -0.2) is 5.78 Å². The van der Waals surface area contributed by atoms with E-state index in [-0.39, 0.29) is 0 Å². The summed E-state index contributed by atoms with van der Waals surface area (Å²) >= 11 is 0. The minimum atomic E-state index is 0.437. The number of hydrogen-bond donors (Lipinski definition) is 0. The minimum absolute atomic E-state index is 0.437. The third kappa shape index (κ3) is 1.37. The molecule has 60 valence electrons. The first-order valence-corrected chi connectivity index (χ1v) is 4.57. The molecule has 0 radical (unpaired) electrons. The van der Waals surface area contributed by atoms with Crippen LogP contribution in [0.15, 0.2) is 11.6 Å². The van der Waals surface area contributed by atoms with Gasteiger partial charge in [-0.15, -0.1) is 0 Å². The molecule has 1 heteroatoms. The maximum Gasteiger partial charge on any atom is 0.136 e. The van der Waals surface area contributed by atoms with Crippen molar-refractivity contribution < 1.29 is 4.79 Å². The Hall–Kier alpha value is -0.590. The molecule has 1 unspecified atom stereocenters. The van der Waals surface area contributed by atoms with Crippen molar-refractivity contribution in [3.8, 4) is 0 Å². The van der Waals surface area contributed by atoms with E-state index in [0.717, 1.165) is 18.8 Å². The van der Waals surface area contributed by atoms with Gasteiger partial charge in [-0.05, 0) is 31.6 Å². The van der Waals surface area contributed by atoms with E-state index in [9.17, 15) is 4.79 Å². The average Bonchev–Trinajstić information content (AvgIpc) is 2.38. The number of fused-ring (bicyclic) bond motifs is 1. The molecule has 0 aliphatic heterocycles. The Morgan fingerprint density at radius 1 is 1.27 bits per heavy atom. The number of hydrogen-bond acceptors (Lipinski definition) is 1. The van der Waals surface area contributed by atoms with Crippen LogP contribution < -0.4 is 0 Å². The lowest BCUT2D eigenvalue weighted by Crippen LogP contribution is -1.97. The van der Waals surface area contributed by atoms with Crippen LogP contribution in [0, 0.1) is 5.92 Å². The predicted octanol–water partition coefficient (Wildman–Crippen LogP) is 2.47. The van der Waals surface area contributed by atoms with Gasteiger partial charge >= 0.3 is 0 Å². The lowest BCUT2D eigenvalue weighted by molar-refractivity contribution is -0.118. The summed E-state index contributed by atoms with van der Waals surface area (Å²) in [5, 5.41) is 0. The molecule has 0 N–H and O–H groups in total. The highest BCUT2D eigenvalue weighted by molar-refractivity contribution is 5.80. The number of allylic oxidation sites excluding steroid dienone is 2. The van der Waals surface area contributed by atoms with E-state index in [0.29, 0.717) is 12.2 Å². The number of ketones is 1. The normalized spacial score (nSPS) is 31.1. The molecular weight excluding hydrogens is 136 g/mol. The van der Waals surface area contributed by atoms with Crippen LogP contribution in [0.1, 0.15) is 38.5 Å². The van der Waals surface area contributed by atoms with Gasteiger partial charge < -0.3 is 0 Å². The molecule has 1 fully saturated rings. The first-order valence-electron chi connectivity index (χ1n) is 4.57. The lowest BCUT2D eigenvalue weighted by atomic mass is 9.99. The largest absolute Gasteiger partial charge is 0.299 e. The monoisotopic (exact) mass is 150 g/mol. The van der Waals surface area contributed by atoms with Crippen LogP contribution in [0.5, 0.6) is 0 Å². The second-order valence-electron chi connectivity index (χ2n) is 3.65. The van der Waals surface area contributed by atoms with Gasteiger partial charge in [0.2, 0.25) is 0 Å². The fraction of sp³-hybridized carbons (Fsp3) is 0.700. The fourth-order valence-corrected chi connectivity index (χ4v) is 2.22. The van der Waals surface area contributed by atoms with E-state index in [1.54, 1.807) is 5.57 Å². The molecule has 11 heavy (non-hydrogen) atoms. The first-order chi connectivity index (χ1) is 5.36. The van der Waals surface area contributed by atoms with E-state index >= 15 is 0 Å².